The van der Waals surface area contributed by atoms with Crippen LogP contribution >= 0.6 is 0 Å². The summed E-state index contributed by atoms with van der Waals surface area (Å²) in [6, 6.07) is 9.42. The second kappa shape index (κ2) is 12.7. The molecule has 4 heterocycles. The number of hydrogen-bond acceptors (Lipinski definition) is 5. The van der Waals surface area contributed by atoms with E-state index in [1.54, 1.807) is 12.1 Å². The largest absolute Gasteiger partial charge is 0.665 e. The molecule has 10 heteroatoms. The van der Waals surface area contributed by atoms with Crippen molar-refractivity contribution < 1.29 is 45.9 Å². The summed E-state index contributed by atoms with van der Waals surface area (Å²) < 4.78 is 19.8. The van der Waals surface area contributed by atoms with Crippen LogP contribution in [0.3, 0.4) is 0 Å². The standard InChI is InChI=1S/C25H28FN5O.2H2O.Sc/c1-27-8-6-17-7-11-31(16-17)23-13-21(18-4-5-25(28-15-18)30-9-3-10-30)29-22-14-24(32-2)20(26)12-19(22)23;;;/h4-5,7,12-15,17H,3,6,8-11,16H2,1-2H3;2*1H2;/q-2;;;. The Morgan fingerprint density at radius 1 is 1.17 bits per heavy atom. The summed E-state index contributed by atoms with van der Waals surface area (Å²) in [5, 5.41) is 5.04. The van der Waals surface area contributed by atoms with Gasteiger partial charge < -0.3 is 37.2 Å². The van der Waals surface area contributed by atoms with E-state index < -0.39 is 0 Å². The third kappa shape index (κ3) is 5.99. The Balaban J connectivity index is 0.00000144. The Kier molecular flexibility index (Phi) is 10.6. The third-order valence-electron chi connectivity index (χ3n) is 6.46. The van der Waals surface area contributed by atoms with E-state index in [1.807, 2.05) is 13.2 Å². The summed E-state index contributed by atoms with van der Waals surface area (Å²) in [6.07, 6.45) is 6.47. The first kappa shape index (κ1) is 29.1. The number of methoxy groups -OCH3 is 1. The van der Waals surface area contributed by atoms with Crippen molar-refractivity contribution in [1.29, 1.82) is 0 Å². The summed E-state index contributed by atoms with van der Waals surface area (Å²) in [5.41, 5.74) is 3.49. The van der Waals surface area contributed by atoms with E-state index in [0.717, 1.165) is 72.8 Å². The summed E-state index contributed by atoms with van der Waals surface area (Å²) in [7, 11) is 3.33. The quantitative estimate of drug-likeness (QED) is 0.449. The number of anilines is 2. The maximum Gasteiger partial charge on any atom is 0.165 e. The first-order valence-electron chi connectivity index (χ1n) is 11.2. The van der Waals surface area contributed by atoms with Gasteiger partial charge in [-0.25, -0.2) is 14.4 Å². The van der Waals surface area contributed by atoms with Crippen molar-refractivity contribution in [3.8, 4) is 17.0 Å². The van der Waals surface area contributed by atoms with Crippen LogP contribution in [0.5, 0.6) is 5.75 Å². The van der Waals surface area contributed by atoms with Gasteiger partial charge in [0.15, 0.2) is 11.6 Å². The summed E-state index contributed by atoms with van der Waals surface area (Å²) >= 11 is 0. The van der Waals surface area contributed by atoms with Gasteiger partial charge >= 0.3 is 0 Å². The molecule has 1 radical (unpaired) electrons. The van der Waals surface area contributed by atoms with Crippen molar-refractivity contribution in [3.63, 3.8) is 0 Å². The number of hydrogen-bond donors (Lipinski definition) is 0. The van der Waals surface area contributed by atoms with Crippen molar-refractivity contribution in [2.24, 2.45) is 5.92 Å². The molecule has 5 rings (SSSR count). The number of rotatable bonds is 7. The molecule has 2 aliphatic heterocycles. The fraction of sp³-hybridized carbons (Fsp3) is 0.400. The number of pyridine rings is 2. The molecule has 0 spiro atoms. The molecule has 0 aliphatic carbocycles. The molecular weight excluding hydrogens is 482 g/mol. The van der Waals surface area contributed by atoms with Gasteiger partial charge in [0.2, 0.25) is 0 Å². The molecule has 0 amide bonds. The molecule has 4 N–H and O–H groups in total. The molecule has 2 aromatic heterocycles. The smallest absolute Gasteiger partial charge is 0.165 e. The predicted octanol–water partition coefficient (Wildman–Crippen LogP) is 3.04. The number of nitrogens with zero attached hydrogens (tertiary/aromatic N) is 5. The van der Waals surface area contributed by atoms with Gasteiger partial charge in [-0.15, -0.1) is 12.5 Å². The zero-order valence-corrected chi connectivity index (χ0v) is 22.0. The molecule has 1 unspecified atom stereocenters. The van der Waals surface area contributed by atoms with E-state index in [0.29, 0.717) is 5.92 Å². The molecule has 2 aliphatic rings. The molecule has 3 aromatic rings. The van der Waals surface area contributed by atoms with Crippen molar-refractivity contribution in [2.45, 2.75) is 12.8 Å². The Labute approximate surface area is 224 Å². The van der Waals surface area contributed by atoms with Gasteiger partial charge in [0.25, 0.3) is 0 Å². The van der Waals surface area contributed by atoms with E-state index in [4.69, 9.17) is 9.72 Å². The van der Waals surface area contributed by atoms with E-state index in [2.05, 4.69) is 44.7 Å². The maximum absolute atomic E-state index is 14.6. The van der Waals surface area contributed by atoms with Crippen molar-refractivity contribution >= 4 is 22.4 Å². The van der Waals surface area contributed by atoms with Gasteiger partial charge in [-0.1, -0.05) is 6.42 Å². The number of fused-ring (bicyclic) bond motifs is 1. The van der Waals surface area contributed by atoms with E-state index in [9.17, 15) is 4.39 Å². The topological polar surface area (TPSA) is 119 Å². The summed E-state index contributed by atoms with van der Waals surface area (Å²) in [6.45, 7) is 4.71. The zero-order valence-electron chi connectivity index (χ0n) is 20.2. The molecular formula is C25H32FN5O3Sc-2. The van der Waals surface area contributed by atoms with Gasteiger partial charge in [0.1, 0.15) is 5.82 Å². The van der Waals surface area contributed by atoms with Crippen LogP contribution in [0.4, 0.5) is 15.9 Å². The average molecular weight is 515 g/mol. The van der Waals surface area contributed by atoms with Crippen LogP contribution in [0, 0.1) is 18.2 Å². The van der Waals surface area contributed by atoms with Crippen LogP contribution in [-0.2, 0) is 25.8 Å². The minimum absolute atomic E-state index is 0. The van der Waals surface area contributed by atoms with Crippen LogP contribution in [0.15, 0.2) is 36.5 Å². The number of ether oxygens (including phenoxy) is 1. The van der Waals surface area contributed by atoms with E-state index in [-0.39, 0.29) is 48.4 Å². The molecule has 1 atom stereocenters. The minimum atomic E-state index is -0.374. The van der Waals surface area contributed by atoms with Crippen LogP contribution in [-0.4, -0.2) is 67.8 Å². The van der Waals surface area contributed by atoms with Gasteiger partial charge in [-0.3, -0.25) is 0 Å². The Morgan fingerprint density at radius 2 is 1.97 bits per heavy atom. The fourth-order valence-electron chi connectivity index (χ4n) is 4.45. The van der Waals surface area contributed by atoms with Gasteiger partial charge in [-0.05, 0) is 37.2 Å². The second-order valence-electron chi connectivity index (χ2n) is 8.51. The molecule has 35 heavy (non-hydrogen) atoms. The first-order valence-corrected chi connectivity index (χ1v) is 11.2. The average Bonchev–Trinajstić information content (AvgIpc) is 3.25. The molecule has 2 saturated heterocycles. The third-order valence-corrected chi connectivity index (χ3v) is 6.46. The van der Waals surface area contributed by atoms with Crippen LogP contribution in [0.1, 0.15) is 12.8 Å². The normalized spacial score (nSPS) is 16.7. The van der Waals surface area contributed by atoms with Crippen LogP contribution in [0.2, 0.25) is 0 Å². The Morgan fingerprint density at radius 3 is 2.60 bits per heavy atom. The molecule has 8 nitrogen and oxygen atoms in total. The summed E-state index contributed by atoms with van der Waals surface area (Å²) in [5.74, 6) is 1.31. The molecule has 187 valence electrons. The number of aromatic nitrogens is 2. The van der Waals surface area contributed by atoms with Crippen molar-refractivity contribution in [2.75, 3.05) is 56.7 Å². The van der Waals surface area contributed by atoms with E-state index in [1.165, 1.54) is 13.5 Å². The minimum Gasteiger partial charge on any atom is -0.665 e. The Hall–Kier alpha value is -2.14. The SMILES string of the molecule is C[N-]CCC1[CH-]CN(c2cc(-c3ccc(N4CCC4)nc3)nc3cc(OC)c(F)cc23)C1.O.O.[Sc]. The van der Waals surface area contributed by atoms with Crippen LogP contribution in [0.25, 0.3) is 27.5 Å². The second-order valence-corrected chi connectivity index (χ2v) is 8.51. The Bertz CT molecular complexity index is 1110. The maximum atomic E-state index is 14.6. The number of benzene rings is 1. The molecule has 2 fully saturated rings. The van der Waals surface area contributed by atoms with Crippen molar-refractivity contribution in [3.05, 3.63) is 54.1 Å². The van der Waals surface area contributed by atoms with Gasteiger partial charge in [0, 0.05) is 67.8 Å². The first-order chi connectivity index (χ1) is 15.7. The number of halogens is 1. The van der Waals surface area contributed by atoms with Gasteiger partial charge in [-0.2, -0.15) is 13.6 Å². The molecule has 1 aromatic carbocycles. The summed E-state index contributed by atoms with van der Waals surface area (Å²) in [4.78, 5) is 14.1. The molecule has 0 saturated carbocycles. The molecule has 0 bridgehead atoms. The van der Waals surface area contributed by atoms with Crippen molar-refractivity contribution in [1.82, 2.24) is 9.97 Å². The zero-order chi connectivity index (χ0) is 22.1. The monoisotopic (exact) mass is 514 g/mol. The van der Waals surface area contributed by atoms with E-state index >= 15 is 0 Å². The van der Waals surface area contributed by atoms with Gasteiger partial charge in [0.05, 0.1) is 18.3 Å². The van der Waals surface area contributed by atoms with Crippen LogP contribution < -0.4 is 14.5 Å². The predicted molar refractivity (Wildman–Crippen MR) is 134 cm³/mol. The fourth-order valence-corrected chi connectivity index (χ4v) is 4.45.